The van der Waals surface area contributed by atoms with Gasteiger partial charge in [-0.05, 0) is 6.42 Å². The fourth-order valence-corrected chi connectivity index (χ4v) is 1.34. The van der Waals surface area contributed by atoms with Gasteiger partial charge in [-0.2, -0.15) is 13.1 Å². The van der Waals surface area contributed by atoms with Crippen molar-refractivity contribution >= 4 is 16.2 Å². The minimum absolute atomic E-state index is 0.228. The van der Waals surface area contributed by atoms with Gasteiger partial charge < -0.3 is 5.11 Å². The first kappa shape index (κ1) is 11.3. The average molecular weight is 196 g/mol. The zero-order valence-electron chi connectivity index (χ0n) is 6.65. The molecule has 0 spiro atoms. The highest BCUT2D eigenvalue weighted by Gasteiger charge is 2.19. The average Bonchev–Trinajstić information content (AvgIpc) is 1.83. The molecule has 72 valence electrons. The molecule has 0 aromatic heterocycles. The summed E-state index contributed by atoms with van der Waals surface area (Å²) in [6.07, 6.45) is 0.797. The van der Waals surface area contributed by atoms with Gasteiger partial charge in [0.1, 0.15) is 6.04 Å². The maximum atomic E-state index is 10.4. The molecule has 0 amide bonds. The Bertz CT molecular complexity index is 248. The molecule has 0 saturated heterocycles. The van der Waals surface area contributed by atoms with Gasteiger partial charge in [-0.1, -0.05) is 13.3 Å². The minimum Gasteiger partial charge on any atom is -0.480 e. The molecule has 0 aliphatic rings. The Balaban J connectivity index is 4.24. The maximum Gasteiger partial charge on any atom is 0.321 e. The number of nitrogens with one attached hydrogen (secondary N) is 1. The van der Waals surface area contributed by atoms with Gasteiger partial charge >= 0.3 is 5.97 Å². The third kappa shape index (κ3) is 5.05. The van der Waals surface area contributed by atoms with Gasteiger partial charge in [0.15, 0.2) is 0 Å². The number of carboxylic acid groups (broad SMARTS) is 1. The fraction of sp³-hybridized carbons (Fsp3) is 0.800. The molecule has 0 saturated carbocycles. The zero-order valence-corrected chi connectivity index (χ0v) is 7.47. The minimum atomic E-state index is -3.92. The zero-order chi connectivity index (χ0) is 9.78. The van der Waals surface area contributed by atoms with Crippen molar-refractivity contribution in [1.82, 2.24) is 4.72 Å². The van der Waals surface area contributed by atoms with Crippen molar-refractivity contribution in [3.63, 3.8) is 0 Å². The summed E-state index contributed by atoms with van der Waals surface area (Å²) in [7, 11) is -3.92. The van der Waals surface area contributed by atoms with E-state index in [0.717, 1.165) is 0 Å². The maximum absolute atomic E-state index is 10.4. The third-order valence-electron chi connectivity index (χ3n) is 1.18. The van der Waals surface area contributed by atoms with Crippen LogP contribution in [0.2, 0.25) is 0 Å². The Kier molecular flexibility index (Phi) is 4.15. The first-order valence-electron chi connectivity index (χ1n) is 3.39. The second-order valence-corrected chi connectivity index (χ2v) is 3.67. The molecule has 0 aliphatic carbocycles. The van der Waals surface area contributed by atoms with Crippen molar-refractivity contribution in [2.75, 3.05) is 0 Å². The Morgan fingerprint density at radius 3 is 2.42 bits per heavy atom. The monoisotopic (exact) mass is 196 g/mol. The molecule has 0 aliphatic heterocycles. The molecule has 12 heavy (non-hydrogen) atoms. The summed E-state index contributed by atoms with van der Waals surface area (Å²) in [5.41, 5.74) is 0. The molecular weight excluding hydrogens is 184 g/mol. The normalized spacial score (nSPS) is 14.2. The highest BCUT2D eigenvalue weighted by Crippen LogP contribution is 1.97. The summed E-state index contributed by atoms with van der Waals surface area (Å²) in [5, 5.41) is 13.1. The van der Waals surface area contributed by atoms with E-state index in [2.05, 4.69) is 5.14 Å². The van der Waals surface area contributed by atoms with E-state index < -0.39 is 22.2 Å². The van der Waals surface area contributed by atoms with E-state index in [1.54, 1.807) is 6.92 Å². The SMILES string of the molecule is CCC[C@H](NS(N)(=O)=O)C(=O)O. The Labute approximate surface area is 70.9 Å². The molecule has 1 atom stereocenters. The van der Waals surface area contributed by atoms with E-state index in [1.807, 2.05) is 4.72 Å². The van der Waals surface area contributed by atoms with Crippen LogP contribution in [-0.2, 0) is 15.0 Å². The molecule has 0 heterocycles. The Morgan fingerprint density at radius 2 is 2.17 bits per heavy atom. The first-order chi connectivity index (χ1) is 5.37. The van der Waals surface area contributed by atoms with Gasteiger partial charge in [-0.25, -0.2) is 5.14 Å². The molecule has 0 fully saturated rings. The highest BCUT2D eigenvalue weighted by atomic mass is 32.2. The second kappa shape index (κ2) is 4.39. The van der Waals surface area contributed by atoms with Crippen molar-refractivity contribution in [3.05, 3.63) is 0 Å². The van der Waals surface area contributed by atoms with Crippen LogP contribution in [0.4, 0.5) is 0 Å². The van der Waals surface area contributed by atoms with Crippen LogP contribution in [0, 0.1) is 0 Å². The second-order valence-electron chi connectivity index (χ2n) is 2.34. The largest absolute Gasteiger partial charge is 0.480 e. The van der Waals surface area contributed by atoms with Crippen LogP contribution in [0.1, 0.15) is 19.8 Å². The summed E-state index contributed by atoms with van der Waals surface area (Å²) in [6, 6.07) is -1.12. The number of rotatable bonds is 5. The smallest absolute Gasteiger partial charge is 0.321 e. The molecule has 4 N–H and O–H groups in total. The standard InChI is InChI=1S/C5H12N2O4S/c1-2-3-4(5(8)9)7-12(6,10)11/h4,7H,2-3H2,1H3,(H,8,9)(H2,6,10,11)/t4-/m0/s1. The van der Waals surface area contributed by atoms with Gasteiger partial charge in [0.25, 0.3) is 10.2 Å². The van der Waals surface area contributed by atoms with Crippen LogP contribution in [0.5, 0.6) is 0 Å². The number of carboxylic acids is 1. The van der Waals surface area contributed by atoms with Gasteiger partial charge in [-0.3, -0.25) is 4.79 Å². The molecule has 0 radical (unpaired) electrons. The van der Waals surface area contributed by atoms with Crippen molar-refractivity contribution in [2.45, 2.75) is 25.8 Å². The number of aliphatic carboxylic acids is 1. The summed E-state index contributed by atoms with van der Waals surface area (Å²) >= 11 is 0. The fourth-order valence-electron chi connectivity index (χ4n) is 0.720. The Hall–Kier alpha value is -0.660. The van der Waals surface area contributed by atoms with Crippen LogP contribution < -0.4 is 9.86 Å². The highest BCUT2D eigenvalue weighted by molar-refractivity contribution is 7.87. The van der Waals surface area contributed by atoms with Crippen LogP contribution in [0.3, 0.4) is 0 Å². The summed E-state index contributed by atoms with van der Waals surface area (Å²) < 4.78 is 22.7. The molecule has 0 aromatic carbocycles. The lowest BCUT2D eigenvalue weighted by molar-refractivity contribution is -0.139. The number of carbonyl (C=O) groups is 1. The first-order valence-corrected chi connectivity index (χ1v) is 4.94. The molecule has 0 bridgehead atoms. The van der Waals surface area contributed by atoms with E-state index in [4.69, 9.17) is 5.11 Å². The number of hydrogen-bond donors (Lipinski definition) is 3. The van der Waals surface area contributed by atoms with E-state index in [9.17, 15) is 13.2 Å². The van der Waals surface area contributed by atoms with Crippen LogP contribution in [0.25, 0.3) is 0 Å². The predicted molar refractivity (Wildman–Crippen MR) is 42.6 cm³/mol. The van der Waals surface area contributed by atoms with Gasteiger partial charge in [-0.15, -0.1) is 0 Å². The lowest BCUT2D eigenvalue weighted by Gasteiger charge is -2.10. The van der Waals surface area contributed by atoms with Gasteiger partial charge in [0, 0.05) is 0 Å². The van der Waals surface area contributed by atoms with Crippen molar-refractivity contribution < 1.29 is 18.3 Å². The van der Waals surface area contributed by atoms with Gasteiger partial charge in [0.05, 0.1) is 0 Å². The molecule has 0 rings (SSSR count). The molecule has 0 unspecified atom stereocenters. The molecule has 7 heteroatoms. The third-order valence-corrected chi connectivity index (χ3v) is 1.80. The Morgan fingerprint density at radius 1 is 1.67 bits per heavy atom. The van der Waals surface area contributed by atoms with E-state index >= 15 is 0 Å². The van der Waals surface area contributed by atoms with Crippen LogP contribution in [0.15, 0.2) is 0 Å². The van der Waals surface area contributed by atoms with Crippen LogP contribution >= 0.6 is 0 Å². The number of nitrogens with two attached hydrogens (primary N) is 1. The molecular formula is C5H12N2O4S. The van der Waals surface area contributed by atoms with Crippen molar-refractivity contribution in [2.24, 2.45) is 5.14 Å². The lowest BCUT2D eigenvalue weighted by atomic mass is 10.2. The van der Waals surface area contributed by atoms with E-state index in [-0.39, 0.29) is 6.42 Å². The quantitative estimate of drug-likeness (QED) is 0.525. The topological polar surface area (TPSA) is 109 Å². The molecule has 0 aromatic rings. The van der Waals surface area contributed by atoms with E-state index in [0.29, 0.717) is 6.42 Å². The number of hydrogen-bond acceptors (Lipinski definition) is 3. The van der Waals surface area contributed by atoms with Crippen molar-refractivity contribution in [1.29, 1.82) is 0 Å². The summed E-state index contributed by atoms with van der Waals surface area (Å²) in [4.78, 5) is 10.4. The summed E-state index contributed by atoms with van der Waals surface area (Å²) in [5.74, 6) is -1.22. The van der Waals surface area contributed by atoms with Gasteiger partial charge in [0.2, 0.25) is 0 Å². The van der Waals surface area contributed by atoms with Crippen molar-refractivity contribution in [3.8, 4) is 0 Å². The van der Waals surface area contributed by atoms with Crippen LogP contribution in [-0.4, -0.2) is 25.5 Å². The summed E-state index contributed by atoms with van der Waals surface area (Å²) in [6.45, 7) is 1.75. The molecule has 6 nitrogen and oxygen atoms in total. The van der Waals surface area contributed by atoms with E-state index in [1.165, 1.54) is 0 Å². The predicted octanol–water partition coefficient (Wildman–Crippen LogP) is -0.967. The lowest BCUT2D eigenvalue weighted by Crippen LogP contribution is -2.43.